The SMILES string of the molecule is CC(C)(C)OC(=O)NCCOCCOCCOCCOCCC(=O)NCCCCCO[C@]1(C(=O)O)C[C@H](O)[C@@H](NC(=O)CO)[C@H]([C@H](O)[C@H](O)CNC(=O)Cc2ccc(Cl)cc2)O1. The van der Waals surface area contributed by atoms with E-state index in [1.807, 2.05) is 0 Å². The summed E-state index contributed by atoms with van der Waals surface area (Å²) in [5.41, 5.74) is 0.0697. The largest absolute Gasteiger partial charge is 0.477 e. The number of hydrogen-bond donors (Lipinski definition) is 9. The van der Waals surface area contributed by atoms with Crippen LogP contribution in [0.4, 0.5) is 4.79 Å². The number of aliphatic hydroxyl groups excluding tert-OH is 4. The Kier molecular flexibility index (Phi) is 26.0. The van der Waals surface area contributed by atoms with Crippen LogP contribution < -0.4 is 21.3 Å². The summed E-state index contributed by atoms with van der Waals surface area (Å²) in [6.45, 7) is 6.95. The lowest BCUT2D eigenvalue weighted by molar-refractivity contribution is -0.310. The first-order valence-corrected chi connectivity index (χ1v) is 20.9. The molecule has 9 N–H and O–H groups in total. The van der Waals surface area contributed by atoms with Gasteiger partial charge in [-0.05, 0) is 57.7 Å². The molecule has 0 radical (unpaired) electrons. The third-order valence-electron chi connectivity index (χ3n) is 8.87. The number of hydrogen-bond acceptors (Lipinski definition) is 16. The summed E-state index contributed by atoms with van der Waals surface area (Å²) in [5.74, 6) is -5.81. The molecule has 1 aromatic rings. The quantitative estimate of drug-likeness (QED) is 0.0421. The molecule has 6 atom stereocenters. The summed E-state index contributed by atoms with van der Waals surface area (Å²) in [6.07, 6.45) is -6.88. The Morgan fingerprint density at radius 1 is 0.806 bits per heavy atom. The van der Waals surface area contributed by atoms with Crippen molar-refractivity contribution in [3.8, 4) is 0 Å². The summed E-state index contributed by atoms with van der Waals surface area (Å²) in [4.78, 5) is 60.8. The van der Waals surface area contributed by atoms with Gasteiger partial charge in [0.25, 0.3) is 5.79 Å². The number of nitrogens with one attached hydrogen (secondary N) is 4. The van der Waals surface area contributed by atoms with E-state index in [-0.39, 0.29) is 32.0 Å². The van der Waals surface area contributed by atoms with Gasteiger partial charge in [0.05, 0.1) is 84.1 Å². The number of carbonyl (C=O) groups is 5. The second kappa shape index (κ2) is 29.6. The molecule has 0 aliphatic carbocycles. The Morgan fingerprint density at radius 2 is 1.42 bits per heavy atom. The van der Waals surface area contributed by atoms with E-state index in [2.05, 4.69) is 21.3 Å². The van der Waals surface area contributed by atoms with Gasteiger partial charge in [-0.3, -0.25) is 14.4 Å². The Labute approximate surface area is 366 Å². The van der Waals surface area contributed by atoms with Crippen molar-refractivity contribution >= 4 is 41.4 Å². The van der Waals surface area contributed by atoms with Gasteiger partial charge in [0, 0.05) is 37.5 Å². The van der Waals surface area contributed by atoms with Crippen LogP contribution >= 0.6 is 11.6 Å². The van der Waals surface area contributed by atoms with E-state index in [1.54, 1.807) is 45.0 Å². The van der Waals surface area contributed by atoms with E-state index in [0.717, 1.165) is 0 Å². The van der Waals surface area contributed by atoms with Gasteiger partial charge in [-0.2, -0.15) is 0 Å². The lowest BCUT2D eigenvalue weighted by Gasteiger charge is -2.46. The molecule has 2 rings (SSSR count). The van der Waals surface area contributed by atoms with Crippen LogP contribution in [0.25, 0.3) is 0 Å². The number of carboxylic acid groups (broad SMARTS) is 1. The molecular weight excluding hydrogens is 844 g/mol. The van der Waals surface area contributed by atoms with Crippen molar-refractivity contribution in [1.29, 1.82) is 0 Å². The average Bonchev–Trinajstić information content (AvgIpc) is 3.21. The highest BCUT2D eigenvalue weighted by atomic mass is 35.5. The summed E-state index contributed by atoms with van der Waals surface area (Å²) in [5, 5.41) is 62.8. The molecule has 21 nitrogen and oxygen atoms in total. The highest BCUT2D eigenvalue weighted by Crippen LogP contribution is 2.34. The van der Waals surface area contributed by atoms with Gasteiger partial charge < -0.3 is 80.0 Å². The van der Waals surface area contributed by atoms with Gasteiger partial charge in [-0.1, -0.05) is 23.7 Å². The molecule has 0 spiro atoms. The van der Waals surface area contributed by atoms with Crippen LogP contribution in [0.5, 0.6) is 0 Å². The number of ether oxygens (including phenoxy) is 7. The molecule has 1 aromatic carbocycles. The molecule has 0 saturated carbocycles. The second-order valence-electron chi connectivity index (χ2n) is 15.2. The number of aliphatic hydroxyl groups is 4. The first-order valence-electron chi connectivity index (χ1n) is 20.5. The lowest BCUT2D eigenvalue weighted by Crippen LogP contribution is -2.68. The zero-order valence-corrected chi connectivity index (χ0v) is 36.4. The van der Waals surface area contributed by atoms with E-state index in [9.17, 15) is 49.5 Å². The third kappa shape index (κ3) is 22.6. The molecule has 1 saturated heterocycles. The topological polar surface area (TPSA) is 299 Å². The summed E-state index contributed by atoms with van der Waals surface area (Å²) in [6, 6.07) is 5.02. The minimum Gasteiger partial charge on any atom is -0.477 e. The van der Waals surface area contributed by atoms with Gasteiger partial charge in [0.2, 0.25) is 17.7 Å². The minimum atomic E-state index is -2.49. The fraction of sp³-hybridized carbons (Fsp3) is 0.725. The van der Waals surface area contributed by atoms with Crippen LogP contribution in [-0.2, 0) is 58.8 Å². The van der Waals surface area contributed by atoms with Crippen LogP contribution in [0, 0.1) is 0 Å². The summed E-state index contributed by atoms with van der Waals surface area (Å²) < 4.78 is 38.1. The van der Waals surface area contributed by atoms with E-state index < -0.39 is 85.3 Å². The number of aliphatic carboxylic acids is 1. The van der Waals surface area contributed by atoms with Crippen LogP contribution in [0.15, 0.2) is 24.3 Å². The first-order chi connectivity index (χ1) is 29.5. The fourth-order valence-electron chi connectivity index (χ4n) is 5.78. The normalized spacial score (nSPS) is 19.8. The molecule has 1 heterocycles. The van der Waals surface area contributed by atoms with Gasteiger partial charge >= 0.3 is 12.1 Å². The van der Waals surface area contributed by atoms with Crippen molar-refractivity contribution in [2.75, 3.05) is 85.7 Å². The highest BCUT2D eigenvalue weighted by molar-refractivity contribution is 6.30. The van der Waals surface area contributed by atoms with Crippen molar-refractivity contribution in [1.82, 2.24) is 21.3 Å². The van der Waals surface area contributed by atoms with Gasteiger partial charge in [0.15, 0.2) is 0 Å². The molecule has 22 heteroatoms. The van der Waals surface area contributed by atoms with Crippen LogP contribution in [0.3, 0.4) is 0 Å². The summed E-state index contributed by atoms with van der Waals surface area (Å²) in [7, 11) is 0. The molecule has 1 aliphatic heterocycles. The standard InChI is InChI=1S/C40H65ClN4O17/c1-39(2,3)62-38(55)43-13-16-57-18-20-59-22-21-58-19-17-56-15-11-31(49)42-12-5-4-6-14-60-40(37(53)54)24-29(47)34(45-33(51)26-46)36(61-40)35(52)30(48)25-44-32(50)23-27-7-9-28(41)10-8-27/h7-10,29-30,34-36,46-48,52H,4-6,11-26H2,1-3H3,(H,42,49)(H,43,55)(H,44,50)(H,45,51)(H,53,54)/t29-,30+,34+,35+,36+,40+/m0/s1. The predicted octanol–water partition coefficient (Wildman–Crippen LogP) is -0.587. The number of carboxylic acids is 1. The number of amides is 4. The maximum atomic E-state index is 12.5. The van der Waals surface area contributed by atoms with Gasteiger partial charge in [-0.15, -0.1) is 0 Å². The summed E-state index contributed by atoms with van der Waals surface area (Å²) >= 11 is 5.87. The maximum Gasteiger partial charge on any atom is 0.407 e. The maximum absolute atomic E-state index is 12.5. The van der Waals surface area contributed by atoms with Crippen molar-refractivity contribution in [2.45, 2.75) is 101 Å². The molecule has 4 amide bonds. The molecule has 0 unspecified atom stereocenters. The fourth-order valence-corrected chi connectivity index (χ4v) is 5.90. The van der Waals surface area contributed by atoms with Crippen LogP contribution in [0.1, 0.15) is 58.4 Å². The zero-order chi connectivity index (χ0) is 46.0. The molecule has 0 aromatic heterocycles. The van der Waals surface area contributed by atoms with E-state index in [1.165, 1.54) is 0 Å². The molecule has 0 bridgehead atoms. The molecule has 1 aliphatic rings. The van der Waals surface area contributed by atoms with E-state index in [4.69, 9.17) is 44.8 Å². The molecule has 62 heavy (non-hydrogen) atoms. The monoisotopic (exact) mass is 908 g/mol. The zero-order valence-electron chi connectivity index (χ0n) is 35.6. The Morgan fingerprint density at radius 3 is 2.02 bits per heavy atom. The number of benzene rings is 1. The predicted molar refractivity (Wildman–Crippen MR) is 220 cm³/mol. The number of alkyl carbamates (subject to hydrolysis) is 1. The number of halogens is 1. The van der Waals surface area contributed by atoms with Crippen molar-refractivity contribution in [3.63, 3.8) is 0 Å². The van der Waals surface area contributed by atoms with Gasteiger partial charge in [-0.25, -0.2) is 9.59 Å². The van der Waals surface area contributed by atoms with Crippen molar-refractivity contribution in [2.24, 2.45) is 0 Å². The average molecular weight is 909 g/mol. The van der Waals surface area contributed by atoms with Crippen molar-refractivity contribution in [3.05, 3.63) is 34.9 Å². The second-order valence-corrected chi connectivity index (χ2v) is 15.7. The lowest BCUT2D eigenvalue weighted by atomic mass is 9.88. The minimum absolute atomic E-state index is 0.0682. The first kappa shape index (κ1) is 54.4. The Bertz CT molecular complexity index is 1490. The Balaban J connectivity index is 1.63. The van der Waals surface area contributed by atoms with E-state index >= 15 is 0 Å². The number of rotatable bonds is 31. The smallest absolute Gasteiger partial charge is 0.407 e. The van der Waals surface area contributed by atoms with E-state index in [0.29, 0.717) is 89.2 Å². The van der Waals surface area contributed by atoms with Crippen LogP contribution in [0.2, 0.25) is 5.02 Å². The third-order valence-corrected chi connectivity index (χ3v) is 9.12. The number of carbonyl (C=O) groups excluding carboxylic acids is 4. The molecule has 354 valence electrons. The molecular formula is C40H65ClN4O17. The Hall–Kier alpha value is -3.74. The number of unbranched alkanes of at least 4 members (excludes halogenated alkanes) is 2. The van der Waals surface area contributed by atoms with Crippen LogP contribution in [-0.4, -0.2) is 183 Å². The highest BCUT2D eigenvalue weighted by Gasteiger charge is 2.55. The van der Waals surface area contributed by atoms with Gasteiger partial charge in [0.1, 0.15) is 24.4 Å². The van der Waals surface area contributed by atoms with Crippen molar-refractivity contribution < 1.29 is 82.7 Å². The molecule has 1 fully saturated rings.